The summed E-state index contributed by atoms with van der Waals surface area (Å²) in [5.74, 6) is -0.174. The molecule has 124 valence electrons. The van der Waals surface area contributed by atoms with E-state index in [0.29, 0.717) is 11.3 Å². The van der Waals surface area contributed by atoms with Crippen molar-refractivity contribution >= 4 is 16.7 Å². The summed E-state index contributed by atoms with van der Waals surface area (Å²) >= 11 is 0. The van der Waals surface area contributed by atoms with E-state index in [1.807, 2.05) is 32.0 Å². The summed E-state index contributed by atoms with van der Waals surface area (Å²) in [6.07, 6.45) is 3.57. The molecule has 24 heavy (non-hydrogen) atoms. The number of rotatable bonds is 5. The number of allylic oxidation sites excluding steroid dienone is 3. The van der Waals surface area contributed by atoms with Crippen molar-refractivity contribution in [3.8, 4) is 0 Å². The molecule has 0 aliphatic rings. The average molecular weight is 320 g/mol. The highest BCUT2D eigenvalue weighted by atomic mass is 16.1. The van der Waals surface area contributed by atoms with Crippen LogP contribution in [0.3, 0.4) is 0 Å². The van der Waals surface area contributed by atoms with Crippen molar-refractivity contribution in [2.45, 2.75) is 26.8 Å². The second kappa shape index (κ2) is 7.64. The van der Waals surface area contributed by atoms with E-state index in [1.54, 1.807) is 19.1 Å². The number of hydrogen-bond acceptors (Lipinski definition) is 2. The van der Waals surface area contributed by atoms with Gasteiger partial charge in [-0.05, 0) is 54.8 Å². The minimum Gasteiger partial charge on any atom is -0.402 e. The smallest absolute Gasteiger partial charge is 0.251 e. The van der Waals surface area contributed by atoms with E-state index < -0.39 is 0 Å². The zero-order valence-corrected chi connectivity index (χ0v) is 14.5. The Labute approximate surface area is 143 Å². The Morgan fingerprint density at radius 2 is 1.79 bits per heavy atom. The molecule has 3 N–H and O–H groups in total. The molecule has 0 heterocycles. The number of carbonyl (C=O) groups excluding carboxylic acids is 1. The van der Waals surface area contributed by atoms with Gasteiger partial charge in [0.2, 0.25) is 0 Å². The molecule has 3 heteroatoms. The van der Waals surface area contributed by atoms with Gasteiger partial charge in [-0.15, -0.1) is 0 Å². The molecule has 0 spiro atoms. The summed E-state index contributed by atoms with van der Waals surface area (Å²) < 4.78 is 0. The number of nitrogens with two attached hydrogens (primary N) is 1. The third kappa shape index (κ3) is 4.35. The van der Waals surface area contributed by atoms with Crippen LogP contribution in [0.4, 0.5) is 0 Å². The largest absolute Gasteiger partial charge is 0.402 e. The third-order valence-corrected chi connectivity index (χ3v) is 3.97. The number of amides is 1. The molecule has 2 aromatic carbocycles. The predicted octanol–water partition coefficient (Wildman–Crippen LogP) is 4.38. The molecular weight excluding hydrogens is 296 g/mol. The van der Waals surface area contributed by atoms with E-state index in [9.17, 15) is 4.79 Å². The topological polar surface area (TPSA) is 55.1 Å². The Morgan fingerprint density at radius 3 is 2.46 bits per heavy atom. The Bertz CT molecular complexity index is 827. The van der Waals surface area contributed by atoms with Crippen molar-refractivity contribution in [3.05, 3.63) is 83.6 Å². The first-order chi connectivity index (χ1) is 11.4. The lowest BCUT2D eigenvalue weighted by Gasteiger charge is -2.16. The van der Waals surface area contributed by atoms with E-state index in [0.717, 1.165) is 16.5 Å². The molecule has 0 aliphatic carbocycles. The first kappa shape index (κ1) is 17.5. The van der Waals surface area contributed by atoms with Crippen LogP contribution in [0.25, 0.3) is 10.8 Å². The zero-order valence-electron chi connectivity index (χ0n) is 14.5. The normalized spacial score (nSPS) is 13.6. The van der Waals surface area contributed by atoms with Gasteiger partial charge in [0.15, 0.2) is 0 Å². The maximum Gasteiger partial charge on any atom is 0.251 e. The lowest BCUT2D eigenvalue weighted by atomic mass is 10.0. The predicted molar refractivity (Wildman–Crippen MR) is 101 cm³/mol. The fraction of sp³-hybridized carbons (Fsp3) is 0.190. The molecule has 0 aromatic heterocycles. The molecule has 2 aromatic rings. The first-order valence-electron chi connectivity index (χ1n) is 7.98. The third-order valence-electron chi connectivity index (χ3n) is 3.97. The molecule has 0 fully saturated rings. The molecule has 0 radical (unpaired) electrons. The van der Waals surface area contributed by atoms with Crippen molar-refractivity contribution in [2.24, 2.45) is 5.73 Å². The van der Waals surface area contributed by atoms with Gasteiger partial charge in [-0.2, -0.15) is 0 Å². The molecule has 0 saturated heterocycles. The SMILES string of the molecule is C=C(C(=O)NC(C)c1ccc2ccccc2c1)/C(C)=C\C=C(/C)N. The van der Waals surface area contributed by atoms with Crippen LogP contribution in [0.1, 0.15) is 32.4 Å². The van der Waals surface area contributed by atoms with Crippen LogP contribution in [0.5, 0.6) is 0 Å². The minimum atomic E-state index is -0.174. The van der Waals surface area contributed by atoms with Gasteiger partial charge in [0.25, 0.3) is 5.91 Å². The average Bonchev–Trinajstić information content (AvgIpc) is 2.58. The van der Waals surface area contributed by atoms with Crippen molar-refractivity contribution in [2.75, 3.05) is 0 Å². The summed E-state index contributed by atoms with van der Waals surface area (Å²) in [7, 11) is 0. The summed E-state index contributed by atoms with van der Waals surface area (Å²) in [4.78, 5) is 12.4. The van der Waals surface area contributed by atoms with Gasteiger partial charge in [0.05, 0.1) is 6.04 Å². The van der Waals surface area contributed by atoms with Crippen molar-refractivity contribution in [1.29, 1.82) is 0 Å². The van der Waals surface area contributed by atoms with Gasteiger partial charge in [0, 0.05) is 11.3 Å². The summed E-state index contributed by atoms with van der Waals surface area (Å²) in [5, 5.41) is 5.35. The van der Waals surface area contributed by atoms with E-state index in [4.69, 9.17) is 5.73 Å². The molecule has 0 aliphatic heterocycles. The second-order valence-corrected chi connectivity index (χ2v) is 6.04. The summed E-state index contributed by atoms with van der Waals surface area (Å²) in [6, 6.07) is 14.3. The van der Waals surface area contributed by atoms with Gasteiger partial charge < -0.3 is 11.1 Å². The van der Waals surface area contributed by atoms with Crippen LogP contribution < -0.4 is 11.1 Å². The number of carbonyl (C=O) groups is 1. The highest BCUT2D eigenvalue weighted by Crippen LogP contribution is 2.21. The Morgan fingerprint density at radius 1 is 1.12 bits per heavy atom. The molecule has 1 unspecified atom stereocenters. The van der Waals surface area contributed by atoms with Crippen molar-refractivity contribution in [3.63, 3.8) is 0 Å². The molecule has 1 atom stereocenters. The van der Waals surface area contributed by atoms with Crippen molar-refractivity contribution < 1.29 is 4.79 Å². The van der Waals surface area contributed by atoms with Gasteiger partial charge in [-0.3, -0.25) is 4.79 Å². The number of nitrogens with one attached hydrogen (secondary N) is 1. The maximum atomic E-state index is 12.4. The Balaban J connectivity index is 2.11. The van der Waals surface area contributed by atoms with Crippen molar-refractivity contribution in [1.82, 2.24) is 5.32 Å². The molecule has 3 nitrogen and oxygen atoms in total. The first-order valence-corrected chi connectivity index (χ1v) is 7.98. The Hall–Kier alpha value is -2.81. The fourth-order valence-electron chi connectivity index (χ4n) is 2.38. The standard InChI is InChI=1S/C21H24N2O/c1-14(9-10-15(2)22)16(3)21(24)23-17(4)19-12-11-18-7-5-6-8-20(18)13-19/h5-13,17H,3,22H2,1-2,4H3,(H,23,24)/b14-9-,15-10+. The number of hydrogen-bond donors (Lipinski definition) is 2. The quantitative estimate of drug-likeness (QED) is 0.634. The molecule has 0 bridgehead atoms. The van der Waals surface area contributed by atoms with Crippen LogP contribution in [0, 0.1) is 0 Å². The molecular formula is C21H24N2O. The van der Waals surface area contributed by atoms with E-state index in [2.05, 4.69) is 36.2 Å². The van der Waals surface area contributed by atoms with Crippen LogP contribution in [0.15, 0.2) is 78.0 Å². The molecule has 1 amide bonds. The van der Waals surface area contributed by atoms with Crippen LogP contribution in [0.2, 0.25) is 0 Å². The van der Waals surface area contributed by atoms with Gasteiger partial charge in [-0.25, -0.2) is 0 Å². The fourth-order valence-corrected chi connectivity index (χ4v) is 2.38. The monoisotopic (exact) mass is 320 g/mol. The summed E-state index contributed by atoms with van der Waals surface area (Å²) in [6.45, 7) is 9.50. The number of benzene rings is 2. The van der Waals surface area contributed by atoms with Gasteiger partial charge >= 0.3 is 0 Å². The maximum absolute atomic E-state index is 12.4. The van der Waals surface area contributed by atoms with Crippen LogP contribution in [-0.2, 0) is 4.79 Å². The van der Waals surface area contributed by atoms with E-state index in [1.165, 1.54) is 5.39 Å². The second-order valence-electron chi connectivity index (χ2n) is 6.04. The van der Waals surface area contributed by atoms with Crippen LogP contribution >= 0.6 is 0 Å². The van der Waals surface area contributed by atoms with Gasteiger partial charge in [-0.1, -0.05) is 49.1 Å². The number of fused-ring (bicyclic) bond motifs is 1. The lowest BCUT2D eigenvalue weighted by Crippen LogP contribution is -2.28. The van der Waals surface area contributed by atoms with E-state index >= 15 is 0 Å². The molecule has 0 saturated carbocycles. The van der Waals surface area contributed by atoms with Crippen LogP contribution in [-0.4, -0.2) is 5.91 Å². The minimum absolute atomic E-state index is 0.0987. The Kier molecular flexibility index (Phi) is 5.59. The van der Waals surface area contributed by atoms with E-state index in [-0.39, 0.29) is 11.9 Å². The highest BCUT2D eigenvalue weighted by molar-refractivity contribution is 5.97. The summed E-state index contributed by atoms with van der Waals surface area (Å²) in [5.41, 5.74) is 8.60. The molecule has 2 rings (SSSR count). The van der Waals surface area contributed by atoms with Gasteiger partial charge in [0.1, 0.15) is 0 Å². The highest BCUT2D eigenvalue weighted by Gasteiger charge is 2.13. The zero-order chi connectivity index (χ0) is 17.7. The lowest BCUT2D eigenvalue weighted by molar-refractivity contribution is -0.117.